The summed E-state index contributed by atoms with van der Waals surface area (Å²) in [5.41, 5.74) is 2.12. The Hall–Kier alpha value is -2.14. The van der Waals surface area contributed by atoms with Crippen LogP contribution in [0, 0.1) is 12.7 Å². The summed E-state index contributed by atoms with van der Waals surface area (Å²) in [5, 5.41) is 0. The third-order valence-electron chi connectivity index (χ3n) is 3.15. The molecule has 3 rings (SSSR count). The van der Waals surface area contributed by atoms with E-state index in [0.29, 0.717) is 22.0 Å². The van der Waals surface area contributed by atoms with Gasteiger partial charge in [0.25, 0.3) is 5.56 Å². The molecular weight excluding hydrogens is 287 g/mol. The van der Waals surface area contributed by atoms with Crippen molar-refractivity contribution in [1.82, 2.24) is 9.38 Å². The zero-order chi connectivity index (χ0) is 14.8. The van der Waals surface area contributed by atoms with Crippen molar-refractivity contribution in [3.8, 4) is 0 Å². The molecule has 0 radical (unpaired) electrons. The van der Waals surface area contributed by atoms with Crippen LogP contribution in [0.5, 0.6) is 0 Å². The Balaban J connectivity index is 1.93. The van der Waals surface area contributed by atoms with Crippen LogP contribution >= 0.6 is 11.8 Å². The average Bonchev–Trinajstić information content (AvgIpc) is 2.48. The molecule has 0 unspecified atom stereocenters. The number of fused-ring (bicyclic) bond motifs is 1. The van der Waals surface area contributed by atoms with Gasteiger partial charge in [0.2, 0.25) is 0 Å². The van der Waals surface area contributed by atoms with E-state index in [2.05, 4.69) is 4.98 Å². The first-order chi connectivity index (χ1) is 10.1. The fraction of sp³-hybridized carbons (Fsp3) is 0.125. The Morgan fingerprint density at radius 1 is 1.24 bits per heavy atom. The van der Waals surface area contributed by atoms with E-state index in [4.69, 9.17) is 0 Å². The molecule has 0 atom stereocenters. The van der Waals surface area contributed by atoms with Gasteiger partial charge in [-0.3, -0.25) is 9.20 Å². The number of hydrogen-bond donors (Lipinski definition) is 0. The second-order valence-corrected chi connectivity index (χ2v) is 5.71. The Bertz CT molecular complexity index is 860. The summed E-state index contributed by atoms with van der Waals surface area (Å²) >= 11 is 1.34. The lowest BCUT2D eigenvalue weighted by molar-refractivity contribution is 0.602. The Labute approximate surface area is 125 Å². The SMILES string of the molecule is Cc1cccn2c(=O)cc(CSc3ccccc3F)nc12. The highest BCUT2D eigenvalue weighted by molar-refractivity contribution is 7.98. The number of halogens is 1. The fourth-order valence-electron chi connectivity index (χ4n) is 2.10. The quantitative estimate of drug-likeness (QED) is 0.695. The van der Waals surface area contributed by atoms with Crippen LogP contribution in [-0.2, 0) is 5.75 Å². The number of thioether (sulfide) groups is 1. The van der Waals surface area contributed by atoms with Gasteiger partial charge in [-0.15, -0.1) is 11.8 Å². The minimum Gasteiger partial charge on any atom is -0.269 e. The molecule has 0 N–H and O–H groups in total. The number of aromatic nitrogens is 2. The lowest BCUT2D eigenvalue weighted by atomic mass is 10.3. The molecule has 0 aliphatic rings. The van der Waals surface area contributed by atoms with Gasteiger partial charge in [-0.25, -0.2) is 9.37 Å². The van der Waals surface area contributed by atoms with Crippen molar-refractivity contribution in [1.29, 1.82) is 0 Å². The molecule has 0 saturated heterocycles. The first-order valence-electron chi connectivity index (χ1n) is 6.50. The molecule has 0 spiro atoms. The number of pyridine rings is 1. The summed E-state index contributed by atoms with van der Waals surface area (Å²) in [4.78, 5) is 17.1. The Morgan fingerprint density at radius 2 is 2.05 bits per heavy atom. The van der Waals surface area contributed by atoms with Crippen LogP contribution in [0.4, 0.5) is 4.39 Å². The normalized spacial score (nSPS) is 11.0. The highest BCUT2D eigenvalue weighted by Crippen LogP contribution is 2.24. The molecule has 3 nitrogen and oxygen atoms in total. The van der Waals surface area contributed by atoms with Crippen LogP contribution in [-0.4, -0.2) is 9.38 Å². The number of nitrogens with zero attached hydrogens (tertiary/aromatic N) is 2. The zero-order valence-electron chi connectivity index (χ0n) is 11.4. The minimum absolute atomic E-state index is 0.118. The summed E-state index contributed by atoms with van der Waals surface area (Å²) < 4.78 is 15.1. The molecule has 106 valence electrons. The summed E-state index contributed by atoms with van der Waals surface area (Å²) in [5.74, 6) is 0.206. The van der Waals surface area contributed by atoms with Gasteiger partial charge in [0.1, 0.15) is 11.5 Å². The van der Waals surface area contributed by atoms with Gasteiger partial charge in [0.05, 0.1) is 5.69 Å². The first-order valence-corrected chi connectivity index (χ1v) is 7.49. The van der Waals surface area contributed by atoms with Gasteiger partial charge >= 0.3 is 0 Å². The third-order valence-corrected chi connectivity index (χ3v) is 4.23. The van der Waals surface area contributed by atoms with E-state index in [1.165, 1.54) is 28.3 Å². The van der Waals surface area contributed by atoms with Gasteiger partial charge in [0.15, 0.2) is 0 Å². The van der Waals surface area contributed by atoms with Crippen molar-refractivity contribution in [3.05, 3.63) is 76.1 Å². The standard InChI is InChI=1S/C16H13FN2OS/c1-11-5-4-8-19-15(20)9-12(18-16(11)19)10-21-14-7-3-2-6-13(14)17/h2-9H,10H2,1H3. The van der Waals surface area contributed by atoms with Crippen molar-refractivity contribution >= 4 is 17.4 Å². The Kier molecular flexibility index (Phi) is 3.75. The average molecular weight is 300 g/mol. The first kappa shape index (κ1) is 13.8. The maximum Gasteiger partial charge on any atom is 0.258 e. The van der Waals surface area contributed by atoms with E-state index < -0.39 is 0 Å². The second-order valence-electron chi connectivity index (χ2n) is 4.69. The maximum atomic E-state index is 13.6. The van der Waals surface area contributed by atoms with Crippen LogP contribution in [0.25, 0.3) is 5.65 Å². The maximum absolute atomic E-state index is 13.6. The fourth-order valence-corrected chi connectivity index (χ4v) is 2.93. The minimum atomic E-state index is -0.254. The highest BCUT2D eigenvalue weighted by atomic mass is 32.2. The molecule has 0 fully saturated rings. The molecule has 3 aromatic rings. The van der Waals surface area contributed by atoms with E-state index in [-0.39, 0.29) is 11.4 Å². The van der Waals surface area contributed by atoms with Crippen molar-refractivity contribution in [2.24, 2.45) is 0 Å². The molecule has 0 saturated carbocycles. The van der Waals surface area contributed by atoms with Crippen molar-refractivity contribution in [2.75, 3.05) is 0 Å². The number of aryl methyl sites for hydroxylation is 1. The van der Waals surface area contributed by atoms with E-state index in [0.717, 1.165) is 5.56 Å². The van der Waals surface area contributed by atoms with Gasteiger partial charge in [-0.1, -0.05) is 18.2 Å². The van der Waals surface area contributed by atoms with Crippen LogP contribution < -0.4 is 5.56 Å². The van der Waals surface area contributed by atoms with Crippen molar-refractivity contribution < 1.29 is 4.39 Å². The number of hydrogen-bond acceptors (Lipinski definition) is 3. The number of benzene rings is 1. The monoisotopic (exact) mass is 300 g/mol. The van der Waals surface area contributed by atoms with Gasteiger partial charge in [0, 0.05) is 22.9 Å². The molecule has 0 amide bonds. The lowest BCUT2D eigenvalue weighted by Gasteiger charge is -2.06. The Morgan fingerprint density at radius 3 is 2.86 bits per heavy atom. The molecule has 1 aromatic carbocycles. The molecule has 2 aromatic heterocycles. The molecule has 5 heteroatoms. The molecule has 0 aliphatic heterocycles. The van der Waals surface area contributed by atoms with Crippen molar-refractivity contribution in [3.63, 3.8) is 0 Å². The van der Waals surface area contributed by atoms with Crippen molar-refractivity contribution in [2.45, 2.75) is 17.6 Å². The van der Waals surface area contributed by atoms with E-state index in [9.17, 15) is 9.18 Å². The zero-order valence-corrected chi connectivity index (χ0v) is 12.2. The molecule has 0 bridgehead atoms. The smallest absolute Gasteiger partial charge is 0.258 e. The van der Waals surface area contributed by atoms with Gasteiger partial charge in [-0.05, 0) is 30.7 Å². The van der Waals surface area contributed by atoms with Crippen LogP contribution in [0.1, 0.15) is 11.3 Å². The highest BCUT2D eigenvalue weighted by Gasteiger charge is 2.07. The molecule has 21 heavy (non-hydrogen) atoms. The van der Waals surface area contributed by atoms with E-state index in [1.54, 1.807) is 24.4 Å². The van der Waals surface area contributed by atoms with Gasteiger partial charge in [-0.2, -0.15) is 0 Å². The second kappa shape index (κ2) is 5.69. The van der Waals surface area contributed by atoms with E-state index >= 15 is 0 Å². The molecule has 0 aliphatic carbocycles. The predicted molar refractivity (Wildman–Crippen MR) is 82.2 cm³/mol. The van der Waals surface area contributed by atoms with Gasteiger partial charge < -0.3 is 0 Å². The topological polar surface area (TPSA) is 34.4 Å². The summed E-state index contributed by atoms with van der Waals surface area (Å²) in [6.07, 6.45) is 1.70. The largest absolute Gasteiger partial charge is 0.269 e. The lowest BCUT2D eigenvalue weighted by Crippen LogP contribution is -2.15. The molecule has 2 heterocycles. The molecular formula is C16H13FN2OS. The van der Waals surface area contributed by atoms with Crippen LogP contribution in [0.3, 0.4) is 0 Å². The number of rotatable bonds is 3. The van der Waals surface area contributed by atoms with Crippen LogP contribution in [0.15, 0.2) is 58.4 Å². The summed E-state index contributed by atoms with van der Waals surface area (Å²) in [7, 11) is 0. The summed E-state index contributed by atoms with van der Waals surface area (Å²) in [6, 6.07) is 11.8. The predicted octanol–water partition coefficient (Wildman–Crippen LogP) is 3.43. The van der Waals surface area contributed by atoms with E-state index in [1.807, 2.05) is 19.1 Å². The summed E-state index contributed by atoms with van der Waals surface area (Å²) in [6.45, 7) is 1.91. The third kappa shape index (κ3) is 2.83. The van der Waals surface area contributed by atoms with Crippen LogP contribution in [0.2, 0.25) is 0 Å².